The van der Waals surface area contributed by atoms with Gasteiger partial charge in [-0.25, -0.2) is 4.39 Å². The number of hydrogen-bond acceptors (Lipinski definition) is 2. The molecule has 1 amide bonds. The minimum atomic E-state index is -0.310. The first-order valence-electron chi connectivity index (χ1n) is 6.01. The molecule has 1 atom stereocenters. The highest BCUT2D eigenvalue weighted by atomic mass is 79.9. The van der Waals surface area contributed by atoms with Gasteiger partial charge in [-0.3, -0.25) is 4.79 Å². The van der Waals surface area contributed by atoms with Gasteiger partial charge in [0.25, 0.3) is 0 Å². The van der Waals surface area contributed by atoms with Gasteiger partial charge in [0.2, 0.25) is 5.91 Å². The van der Waals surface area contributed by atoms with Crippen LogP contribution in [0.2, 0.25) is 0 Å². The first-order valence-corrected chi connectivity index (χ1v) is 6.80. The predicted molar refractivity (Wildman–Crippen MR) is 71.8 cm³/mol. The standard InChI is InChI=1S/C13H16BrFN2O/c1-9-8-17(5-4-16-9)13(18)7-10-6-11(15)2-3-12(10)14/h2-3,6,9,16H,4-5,7-8H2,1H3/t9-/m1/s1. The van der Waals surface area contributed by atoms with Gasteiger partial charge in [-0.15, -0.1) is 0 Å². The molecule has 1 aliphatic heterocycles. The fourth-order valence-corrected chi connectivity index (χ4v) is 2.50. The summed E-state index contributed by atoms with van der Waals surface area (Å²) in [6, 6.07) is 4.75. The van der Waals surface area contributed by atoms with Crippen molar-refractivity contribution in [1.82, 2.24) is 10.2 Å². The van der Waals surface area contributed by atoms with Crippen LogP contribution in [-0.2, 0) is 11.2 Å². The maximum absolute atomic E-state index is 13.1. The van der Waals surface area contributed by atoms with Crippen LogP contribution in [0.4, 0.5) is 4.39 Å². The highest BCUT2D eigenvalue weighted by molar-refractivity contribution is 9.10. The van der Waals surface area contributed by atoms with E-state index in [1.165, 1.54) is 12.1 Å². The maximum atomic E-state index is 13.1. The van der Waals surface area contributed by atoms with Crippen LogP contribution in [0, 0.1) is 5.82 Å². The molecule has 1 aliphatic rings. The second kappa shape index (κ2) is 5.80. The molecule has 0 radical (unpaired) electrons. The average molecular weight is 315 g/mol. The zero-order chi connectivity index (χ0) is 13.1. The normalized spacial score (nSPS) is 19.9. The molecule has 0 aliphatic carbocycles. The predicted octanol–water partition coefficient (Wildman–Crippen LogP) is 1.95. The zero-order valence-electron chi connectivity index (χ0n) is 10.2. The van der Waals surface area contributed by atoms with Crippen molar-refractivity contribution >= 4 is 21.8 Å². The Hall–Kier alpha value is -0.940. The van der Waals surface area contributed by atoms with Crippen molar-refractivity contribution in [3.8, 4) is 0 Å². The molecule has 0 bridgehead atoms. The number of benzene rings is 1. The van der Waals surface area contributed by atoms with Crippen molar-refractivity contribution in [2.75, 3.05) is 19.6 Å². The summed E-state index contributed by atoms with van der Waals surface area (Å²) >= 11 is 3.35. The van der Waals surface area contributed by atoms with E-state index in [-0.39, 0.29) is 18.1 Å². The zero-order valence-corrected chi connectivity index (χ0v) is 11.8. The minimum absolute atomic E-state index is 0.0506. The van der Waals surface area contributed by atoms with E-state index in [9.17, 15) is 9.18 Å². The van der Waals surface area contributed by atoms with E-state index in [1.54, 1.807) is 6.07 Å². The van der Waals surface area contributed by atoms with Gasteiger partial charge in [0, 0.05) is 30.1 Å². The van der Waals surface area contributed by atoms with Gasteiger partial charge in [0.15, 0.2) is 0 Å². The molecule has 5 heteroatoms. The van der Waals surface area contributed by atoms with E-state index in [1.807, 2.05) is 4.90 Å². The van der Waals surface area contributed by atoms with Crippen LogP contribution in [0.25, 0.3) is 0 Å². The molecule has 0 unspecified atom stereocenters. The van der Waals surface area contributed by atoms with E-state index in [0.717, 1.165) is 17.6 Å². The Bertz CT molecular complexity index is 453. The molecule has 0 saturated carbocycles. The highest BCUT2D eigenvalue weighted by Crippen LogP contribution is 2.19. The Morgan fingerprint density at radius 3 is 3.11 bits per heavy atom. The van der Waals surface area contributed by atoms with Crippen molar-refractivity contribution < 1.29 is 9.18 Å². The van der Waals surface area contributed by atoms with Gasteiger partial charge in [-0.1, -0.05) is 15.9 Å². The third kappa shape index (κ3) is 3.29. The first kappa shape index (κ1) is 13.5. The Morgan fingerprint density at radius 1 is 1.61 bits per heavy atom. The van der Waals surface area contributed by atoms with Gasteiger partial charge in [-0.05, 0) is 30.7 Å². The number of amides is 1. The van der Waals surface area contributed by atoms with Crippen LogP contribution in [0.1, 0.15) is 12.5 Å². The monoisotopic (exact) mass is 314 g/mol. The largest absolute Gasteiger partial charge is 0.340 e. The average Bonchev–Trinajstić information content (AvgIpc) is 2.34. The van der Waals surface area contributed by atoms with Crippen molar-refractivity contribution in [3.63, 3.8) is 0 Å². The lowest BCUT2D eigenvalue weighted by atomic mass is 10.1. The molecule has 98 valence electrons. The number of nitrogens with zero attached hydrogens (tertiary/aromatic N) is 1. The molecule has 1 aromatic rings. The summed E-state index contributed by atoms with van der Waals surface area (Å²) in [7, 11) is 0. The van der Waals surface area contributed by atoms with Crippen LogP contribution >= 0.6 is 15.9 Å². The van der Waals surface area contributed by atoms with Crippen LogP contribution in [0.15, 0.2) is 22.7 Å². The second-order valence-electron chi connectivity index (χ2n) is 4.61. The molecule has 1 saturated heterocycles. The lowest BCUT2D eigenvalue weighted by molar-refractivity contribution is -0.131. The molecule has 18 heavy (non-hydrogen) atoms. The van der Waals surface area contributed by atoms with E-state index in [2.05, 4.69) is 28.2 Å². The van der Waals surface area contributed by atoms with E-state index in [4.69, 9.17) is 0 Å². The van der Waals surface area contributed by atoms with Crippen molar-refractivity contribution in [2.24, 2.45) is 0 Å². The van der Waals surface area contributed by atoms with Gasteiger partial charge in [0.1, 0.15) is 5.82 Å². The molecular weight excluding hydrogens is 299 g/mol. The van der Waals surface area contributed by atoms with Gasteiger partial charge in [0.05, 0.1) is 6.42 Å². The maximum Gasteiger partial charge on any atom is 0.227 e. The number of nitrogens with one attached hydrogen (secondary N) is 1. The summed E-state index contributed by atoms with van der Waals surface area (Å²) < 4.78 is 13.9. The molecule has 1 N–H and O–H groups in total. The Labute approximate surface area is 114 Å². The molecular formula is C13H16BrFN2O. The summed E-state index contributed by atoms with van der Waals surface area (Å²) in [4.78, 5) is 14.0. The summed E-state index contributed by atoms with van der Waals surface area (Å²) in [5.74, 6) is -0.260. The molecule has 2 rings (SSSR count). The van der Waals surface area contributed by atoms with Crippen LogP contribution < -0.4 is 5.32 Å². The lowest BCUT2D eigenvalue weighted by Crippen LogP contribution is -2.51. The van der Waals surface area contributed by atoms with E-state index >= 15 is 0 Å². The second-order valence-corrected chi connectivity index (χ2v) is 5.46. The van der Waals surface area contributed by atoms with Gasteiger partial charge in [-0.2, -0.15) is 0 Å². The third-order valence-electron chi connectivity index (χ3n) is 3.07. The fraction of sp³-hybridized carbons (Fsp3) is 0.462. The molecule has 1 heterocycles. The molecule has 0 spiro atoms. The van der Waals surface area contributed by atoms with E-state index < -0.39 is 0 Å². The Kier molecular flexibility index (Phi) is 4.35. The SMILES string of the molecule is C[C@@H]1CN(C(=O)Cc2cc(F)ccc2Br)CCN1. The van der Waals surface area contributed by atoms with Crippen LogP contribution in [-0.4, -0.2) is 36.5 Å². The number of hydrogen-bond donors (Lipinski definition) is 1. The number of piperazine rings is 1. The van der Waals surface area contributed by atoms with Gasteiger partial charge >= 0.3 is 0 Å². The molecule has 1 aromatic carbocycles. The molecule has 0 aromatic heterocycles. The highest BCUT2D eigenvalue weighted by Gasteiger charge is 2.21. The smallest absolute Gasteiger partial charge is 0.227 e. The Morgan fingerprint density at radius 2 is 2.39 bits per heavy atom. The fourth-order valence-electron chi connectivity index (χ4n) is 2.11. The number of carbonyl (C=O) groups is 1. The quantitative estimate of drug-likeness (QED) is 0.905. The summed E-state index contributed by atoms with van der Waals surface area (Å²) in [6.07, 6.45) is 0.241. The first-order chi connectivity index (χ1) is 8.56. The van der Waals surface area contributed by atoms with E-state index in [0.29, 0.717) is 18.2 Å². The van der Waals surface area contributed by atoms with Gasteiger partial charge < -0.3 is 10.2 Å². The van der Waals surface area contributed by atoms with Crippen molar-refractivity contribution in [1.29, 1.82) is 0 Å². The molecule has 1 fully saturated rings. The van der Waals surface area contributed by atoms with Crippen LogP contribution in [0.3, 0.4) is 0 Å². The topological polar surface area (TPSA) is 32.3 Å². The van der Waals surface area contributed by atoms with Crippen LogP contribution in [0.5, 0.6) is 0 Å². The summed E-state index contributed by atoms with van der Waals surface area (Å²) in [5.41, 5.74) is 0.700. The van der Waals surface area contributed by atoms with Crippen molar-refractivity contribution in [3.05, 3.63) is 34.1 Å². The number of halogens is 2. The molecule has 3 nitrogen and oxygen atoms in total. The minimum Gasteiger partial charge on any atom is -0.340 e. The summed E-state index contributed by atoms with van der Waals surface area (Å²) in [6.45, 7) is 4.30. The number of carbonyl (C=O) groups excluding carboxylic acids is 1. The number of rotatable bonds is 2. The van der Waals surface area contributed by atoms with Crippen molar-refractivity contribution in [2.45, 2.75) is 19.4 Å². The summed E-state index contributed by atoms with van der Waals surface area (Å²) in [5, 5.41) is 3.29. The third-order valence-corrected chi connectivity index (χ3v) is 3.84. The lowest BCUT2D eigenvalue weighted by Gasteiger charge is -2.32. The Balaban J connectivity index is 2.04.